The minimum atomic E-state index is -0.448. The van der Waals surface area contributed by atoms with E-state index >= 15 is 0 Å². The second kappa shape index (κ2) is 14.2. The average molecular weight is 391 g/mol. The van der Waals surface area contributed by atoms with Crippen molar-refractivity contribution in [3.05, 3.63) is 35.4 Å². The maximum absolute atomic E-state index is 12.5. The Hall–Kier alpha value is -1.84. The summed E-state index contributed by atoms with van der Waals surface area (Å²) < 4.78 is 10.9. The lowest BCUT2D eigenvalue weighted by atomic mass is 9.97. The van der Waals surface area contributed by atoms with Crippen molar-refractivity contribution in [2.24, 2.45) is 11.8 Å². The van der Waals surface area contributed by atoms with E-state index in [4.69, 9.17) is 9.47 Å². The largest absolute Gasteiger partial charge is 0.462 e. The number of hydrogen-bond acceptors (Lipinski definition) is 4. The molecule has 0 aliphatic heterocycles. The molecule has 1 aromatic rings. The van der Waals surface area contributed by atoms with Gasteiger partial charge in [-0.15, -0.1) is 0 Å². The second-order valence-electron chi connectivity index (χ2n) is 7.52. The van der Waals surface area contributed by atoms with Crippen molar-refractivity contribution in [3.8, 4) is 0 Å². The molecule has 0 saturated carbocycles. The molecule has 0 aliphatic rings. The summed E-state index contributed by atoms with van der Waals surface area (Å²) in [5.74, 6) is 0.257. The zero-order valence-electron chi connectivity index (χ0n) is 18.2. The summed E-state index contributed by atoms with van der Waals surface area (Å²) in [7, 11) is 0. The molecule has 0 unspecified atom stereocenters. The predicted molar refractivity (Wildman–Crippen MR) is 114 cm³/mol. The Labute approximate surface area is 171 Å². The number of hydrogen-bond donors (Lipinski definition) is 0. The highest BCUT2D eigenvalue weighted by Gasteiger charge is 2.19. The van der Waals surface area contributed by atoms with Gasteiger partial charge < -0.3 is 9.47 Å². The lowest BCUT2D eigenvalue weighted by Crippen LogP contribution is -2.16. The van der Waals surface area contributed by atoms with E-state index in [1.807, 2.05) is 0 Å². The van der Waals surface area contributed by atoms with Crippen LogP contribution in [-0.4, -0.2) is 25.2 Å². The van der Waals surface area contributed by atoms with Gasteiger partial charge in [0.2, 0.25) is 0 Å². The number of ether oxygens (including phenoxy) is 2. The van der Waals surface area contributed by atoms with Gasteiger partial charge in [0.15, 0.2) is 0 Å². The van der Waals surface area contributed by atoms with Crippen LogP contribution in [0.1, 0.15) is 99.8 Å². The van der Waals surface area contributed by atoms with Gasteiger partial charge in [-0.25, -0.2) is 9.59 Å². The number of rotatable bonds is 14. The molecule has 0 N–H and O–H groups in total. The van der Waals surface area contributed by atoms with Gasteiger partial charge in [-0.1, -0.05) is 78.4 Å². The molecule has 28 heavy (non-hydrogen) atoms. The van der Waals surface area contributed by atoms with Crippen LogP contribution >= 0.6 is 0 Å². The van der Waals surface area contributed by atoms with Crippen LogP contribution < -0.4 is 0 Å². The Morgan fingerprint density at radius 2 is 1.11 bits per heavy atom. The highest BCUT2D eigenvalue weighted by atomic mass is 16.5. The summed E-state index contributed by atoms with van der Waals surface area (Å²) in [4.78, 5) is 25.0. The summed E-state index contributed by atoms with van der Waals surface area (Å²) in [5.41, 5.74) is 0.577. The molecule has 0 radical (unpaired) electrons. The van der Waals surface area contributed by atoms with Gasteiger partial charge in [0.25, 0.3) is 0 Å². The Morgan fingerprint density at radius 3 is 1.43 bits per heavy atom. The van der Waals surface area contributed by atoms with Crippen LogP contribution in [0.25, 0.3) is 0 Å². The number of esters is 2. The van der Waals surface area contributed by atoms with Gasteiger partial charge in [0, 0.05) is 0 Å². The molecule has 0 bridgehead atoms. The van der Waals surface area contributed by atoms with E-state index < -0.39 is 11.9 Å². The lowest BCUT2D eigenvalue weighted by Gasteiger charge is -2.15. The summed E-state index contributed by atoms with van der Waals surface area (Å²) in [5, 5.41) is 0. The summed E-state index contributed by atoms with van der Waals surface area (Å²) in [6, 6.07) is 6.75. The van der Waals surface area contributed by atoms with E-state index in [0.29, 0.717) is 25.0 Å². The van der Waals surface area contributed by atoms with Gasteiger partial charge >= 0.3 is 11.9 Å². The summed E-state index contributed by atoms with van der Waals surface area (Å²) >= 11 is 0. The molecular formula is C24H38O4. The van der Waals surface area contributed by atoms with Gasteiger partial charge in [0.1, 0.15) is 0 Å². The SMILES string of the molecule is CCC[C@@H](CC)CCOC(=O)c1ccccc1C(=O)OCC[C@H](CC)CCC. The molecule has 0 saturated heterocycles. The monoisotopic (exact) mass is 390 g/mol. The van der Waals surface area contributed by atoms with Crippen LogP contribution in [0.3, 0.4) is 0 Å². The highest BCUT2D eigenvalue weighted by Crippen LogP contribution is 2.18. The molecule has 0 spiro atoms. The Balaban J connectivity index is 2.60. The molecule has 0 fully saturated rings. The van der Waals surface area contributed by atoms with E-state index in [1.165, 1.54) is 0 Å². The minimum absolute atomic E-state index is 0.289. The maximum atomic E-state index is 12.5. The Kier molecular flexibility index (Phi) is 12.3. The third-order valence-electron chi connectivity index (χ3n) is 5.43. The zero-order chi connectivity index (χ0) is 20.8. The molecule has 158 valence electrons. The van der Waals surface area contributed by atoms with Crippen LogP contribution in [0.2, 0.25) is 0 Å². The third-order valence-corrected chi connectivity index (χ3v) is 5.43. The molecule has 0 heterocycles. The van der Waals surface area contributed by atoms with Crippen LogP contribution in [0.5, 0.6) is 0 Å². The van der Waals surface area contributed by atoms with Crippen LogP contribution in [0.15, 0.2) is 24.3 Å². The van der Waals surface area contributed by atoms with E-state index in [0.717, 1.165) is 51.4 Å². The van der Waals surface area contributed by atoms with Gasteiger partial charge in [-0.3, -0.25) is 0 Å². The highest BCUT2D eigenvalue weighted by molar-refractivity contribution is 6.03. The Bertz CT molecular complexity index is 531. The summed E-state index contributed by atoms with van der Waals surface area (Å²) in [6.07, 6.45) is 8.46. The van der Waals surface area contributed by atoms with Crippen LogP contribution in [0, 0.1) is 11.8 Å². The van der Waals surface area contributed by atoms with Crippen molar-refractivity contribution in [3.63, 3.8) is 0 Å². The first-order valence-electron chi connectivity index (χ1n) is 11.0. The third kappa shape index (κ3) is 8.45. The van der Waals surface area contributed by atoms with Crippen molar-refractivity contribution in [2.45, 2.75) is 79.1 Å². The summed E-state index contributed by atoms with van der Waals surface area (Å²) in [6.45, 7) is 9.43. The first-order chi connectivity index (χ1) is 13.6. The molecule has 1 rings (SSSR count). The van der Waals surface area contributed by atoms with Crippen molar-refractivity contribution in [1.29, 1.82) is 0 Å². The number of carbonyl (C=O) groups is 2. The van der Waals surface area contributed by atoms with E-state index in [-0.39, 0.29) is 11.1 Å². The molecule has 0 aliphatic carbocycles. The first kappa shape index (κ1) is 24.2. The quantitative estimate of drug-likeness (QED) is 0.343. The smallest absolute Gasteiger partial charge is 0.339 e. The van der Waals surface area contributed by atoms with Crippen molar-refractivity contribution in [1.82, 2.24) is 0 Å². The fourth-order valence-corrected chi connectivity index (χ4v) is 3.55. The van der Waals surface area contributed by atoms with Crippen LogP contribution in [0.4, 0.5) is 0 Å². The molecule has 0 aromatic heterocycles. The van der Waals surface area contributed by atoms with Gasteiger partial charge in [0.05, 0.1) is 24.3 Å². The topological polar surface area (TPSA) is 52.6 Å². The second-order valence-corrected chi connectivity index (χ2v) is 7.52. The average Bonchev–Trinajstić information content (AvgIpc) is 2.72. The van der Waals surface area contributed by atoms with E-state index in [2.05, 4.69) is 27.7 Å². The minimum Gasteiger partial charge on any atom is -0.462 e. The van der Waals surface area contributed by atoms with Crippen molar-refractivity contribution >= 4 is 11.9 Å². The van der Waals surface area contributed by atoms with Gasteiger partial charge in [-0.05, 0) is 36.8 Å². The predicted octanol–water partition coefficient (Wildman–Crippen LogP) is 6.43. The normalized spacial score (nSPS) is 13.0. The molecule has 0 amide bonds. The van der Waals surface area contributed by atoms with Crippen LogP contribution in [-0.2, 0) is 9.47 Å². The number of carbonyl (C=O) groups excluding carboxylic acids is 2. The van der Waals surface area contributed by atoms with Crippen molar-refractivity contribution in [2.75, 3.05) is 13.2 Å². The fourth-order valence-electron chi connectivity index (χ4n) is 3.55. The molecule has 4 heteroatoms. The Morgan fingerprint density at radius 1 is 0.714 bits per heavy atom. The zero-order valence-corrected chi connectivity index (χ0v) is 18.2. The molecule has 4 nitrogen and oxygen atoms in total. The molecular weight excluding hydrogens is 352 g/mol. The standard InChI is InChI=1S/C24H38O4/c1-5-11-19(7-3)15-17-27-23(25)21-13-9-10-14-22(21)24(26)28-18-16-20(8-4)12-6-2/h9-10,13-14,19-20H,5-8,11-12,15-18H2,1-4H3/t19-,20-/m1/s1. The maximum Gasteiger partial charge on any atom is 0.339 e. The number of benzene rings is 1. The first-order valence-corrected chi connectivity index (χ1v) is 11.0. The molecule has 1 aromatic carbocycles. The van der Waals surface area contributed by atoms with E-state index in [1.54, 1.807) is 24.3 Å². The fraction of sp³-hybridized carbons (Fsp3) is 0.667. The molecule has 2 atom stereocenters. The van der Waals surface area contributed by atoms with Gasteiger partial charge in [-0.2, -0.15) is 0 Å². The van der Waals surface area contributed by atoms with E-state index in [9.17, 15) is 9.59 Å². The van der Waals surface area contributed by atoms with Crippen molar-refractivity contribution < 1.29 is 19.1 Å². The lowest BCUT2D eigenvalue weighted by molar-refractivity contribution is 0.0432.